The van der Waals surface area contributed by atoms with Crippen molar-refractivity contribution in [1.29, 1.82) is 0 Å². The second kappa shape index (κ2) is 13.2. The van der Waals surface area contributed by atoms with Gasteiger partial charge in [-0.1, -0.05) is 20.3 Å². The number of hydrogen-bond acceptors (Lipinski definition) is 6. The monoisotopic (exact) mass is 385 g/mol. The van der Waals surface area contributed by atoms with Gasteiger partial charge >= 0.3 is 0 Å². The fourth-order valence-electron chi connectivity index (χ4n) is 2.32. The number of rotatable bonds is 14. The van der Waals surface area contributed by atoms with Gasteiger partial charge in [0, 0.05) is 38.3 Å². The van der Waals surface area contributed by atoms with Crippen LogP contribution in [-0.2, 0) is 28.8 Å². The first-order valence-electron chi connectivity index (χ1n) is 9.52. The number of amides is 4. The van der Waals surface area contributed by atoms with E-state index in [1.165, 1.54) is 0 Å². The number of ether oxygens (including phenoxy) is 1. The van der Waals surface area contributed by atoms with Crippen molar-refractivity contribution < 1.29 is 28.8 Å². The molecule has 1 aliphatic rings. The maximum atomic E-state index is 11.7. The van der Waals surface area contributed by atoms with E-state index in [-0.39, 0.29) is 42.4 Å². The van der Waals surface area contributed by atoms with E-state index in [1.807, 2.05) is 13.8 Å². The van der Waals surface area contributed by atoms with Crippen LogP contribution < -0.4 is 10.6 Å². The van der Waals surface area contributed by atoms with Crippen LogP contribution in [0.15, 0.2) is 0 Å². The Bertz CT molecular complexity index is 493. The van der Waals surface area contributed by atoms with Crippen molar-refractivity contribution >= 4 is 23.6 Å². The molecule has 1 rings (SSSR count). The highest BCUT2D eigenvalue weighted by Gasteiger charge is 2.29. The Labute approximate surface area is 160 Å². The van der Waals surface area contributed by atoms with Gasteiger partial charge in [-0.2, -0.15) is 5.06 Å². The van der Waals surface area contributed by atoms with Crippen LogP contribution >= 0.6 is 0 Å². The Morgan fingerprint density at radius 3 is 2.22 bits per heavy atom. The molecule has 0 bridgehead atoms. The molecule has 0 radical (unpaired) electrons. The summed E-state index contributed by atoms with van der Waals surface area (Å²) in [5, 5.41) is 6.36. The van der Waals surface area contributed by atoms with Gasteiger partial charge in [-0.15, -0.1) is 0 Å². The van der Waals surface area contributed by atoms with Gasteiger partial charge < -0.3 is 15.4 Å². The summed E-state index contributed by atoms with van der Waals surface area (Å²) < 4.78 is 5.33. The van der Waals surface area contributed by atoms with Gasteiger partial charge in [0.2, 0.25) is 11.8 Å². The Kier molecular flexibility index (Phi) is 11.3. The molecule has 1 fully saturated rings. The lowest BCUT2D eigenvalue weighted by atomic mass is 10.2. The maximum Gasteiger partial charge on any atom is 0.253 e. The minimum atomic E-state index is -0.288. The van der Waals surface area contributed by atoms with Crippen LogP contribution in [0.2, 0.25) is 0 Å². The number of imide groups is 1. The molecule has 154 valence electrons. The van der Waals surface area contributed by atoms with Crippen molar-refractivity contribution in [2.75, 3.05) is 32.9 Å². The first kappa shape index (κ1) is 23.0. The number of hydrogen-bond donors (Lipinski definition) is 2. The third-order valence-corrected chi connectivity index (χ3v) is 3.91. The molecule has 0 spiro atoms. The summed E-state index contributed by atoms with van der Waals surface area (Å²) in [6.07, 6.45) is 3.00. The molecule has 0 saturated carbocycles. The highest BCUT2D eigenvalue weighted by Crippen LogP contribution is 2.12. The van der Waals surface area contributed by atoms with Crippen molar-refractivity contribution in [1.82, 2.24) is 15.7 Å². The topological polar surface area (TPSA) is 114 Å². The summed E-state index contributed by atoms with van der Waals surface area (Å²) >= 11 is 0. The summed E-state index contributed by atoms with van der Waals surface area (Å²) in [6.45, 7) is 5.65. The van der Waals surface area contributed by atoms with E-state index >= 15 is 0 Å². The molecular weight excluding hydrogens is 354 g/mol. The molecule has 0 atom stereocenters. The summed E-state index contributed by atoms with van der Waals surface area (Å²) in [5.41, 5.74) is 0. The smallest absolute Gasteiger partial charge is 0.253 e. The minimum absolute atomic E-state index is 0.00377. The lowest BCUT2D eigenvalue weighted by molar-refractivity contribution is -0.187. The van der Waals surface area contributed by atoms with Crippen molar-refractivity contribution in [2.24, 2.45) is 5.92 Å². The minimum Gasteiger partial charge on any atom is -0.378 e. The maximum absolute atomic E-state index is 11.7. The third kappa shape index (κ3) is 10.0. The van der Waals surface area contributed by atoms with Gasteiger partial charge in [-0.25, -0.2) is 0 Å². The van der Waals surface area contributed by atoms with Gasteiger partial charge in [0.05, 0.1) is 19.8 Å². The average molecular weight is 385 g/mol. The van der Waals surface area contributed by atoms with E-state index in [9.17, 15) is 19.2 Å². The van der Waals surface area contributed by atoms with Crippen molar-refractivity contribution in [3.8, 4) is 0 Å². The molecule has 0 aromatic rings. The summed E-state index contributed by atoms with van der Waals surface area (Å²) in [7, 11) is 0. The van der Waals surface area contributed by atoms with Gasteiger partial charge in [-0.3, -0.25) is 24.0 Å². The Morgan fingerprint density at radius 1 is 0.963 bits per heavy atom. The molecule has 1 saturated heterocycles. The van der Waals surface area contributed by atoms with E-state index < -0.39 is 0 Å². The van der Waals surface area contributed by atoms with Crippen LogP contribution in [0, 0.1) is 5.92 Å². The molecule has 9 heteroatoms. The molecular formula is C18H31N3O6. The quantitative estimate of drug-likeness (QED) is 0.333. The molecule has 0 aromatic heterocycles. The third-order valence-electron chi connectivity index (χ3n) is 3.91. The lowest BCUT2D eigenvalue weighted by Gasteiger charge is -2.12. The van der Waals surface area contributed by atoms with Crippen LogP contribution in [0.3, 0.4) is 0 Å². The molecule has 1 heterocycles. The summed E-state index contributed by atoms with van der Waals surface area (Å²) in [4.78, 5) is 50.8. The standard InChI is InChI=1S/C18H31N3O6/c1-14(2)18(25)20-10-13-26-12-9-19-15(22)6-4-3-5-11-27-21-16(23)7-8-17(21)24/h14H,3-13H2,1-2H3,(H,19,22)(H,20,25). The lowest BCUT2D eigenvalue weighted by Crippen LogP contribution is -2.32. The van der Waals surface area contributed by atoms with Crippen LogP contribution in [0.5, 0.6) is 0 Å². The second-order valence-electron chi connectivity index (χ2n) is 6.63. The molecule has 9 nitrogen and oxygen atoms in total. The molecule has 0 unspecified atom stereocenters. The summed E-state index contributed by atoms with van der Waals surface area (Å²) in [5.74, 6) is -0.665. The molecule has 2 N–H and O–H groups in total. The predicted molar refractivity (Wildman–Crippen MR) is 97.2 cm³/mol. The van der Waals surface area contributed by atoms with Crippen molar-refractivity contribution in [2.45, 2.75) is 52.4 Å². The van der Waals surface area contributed by atoms with Gasteiger partial charge in [0.15, 0.2) is 0 Å². The second-order valence-corrected chi connectivity index (χ2v) is 6.63. The van der Waals surface area contributed by atoms with E-state index in [0.717, 1.165) is 11.5 Å². The predicted octanol–water partition coefficient (Wildman–Crippen LogP) is 0.532. The zero-order valence-corrected chi connectivity index (χ0v) is 16.3. The number of nitrogens with one attached hydrogen (secondary N) is 2. The highest BCUT2D eigenvalue weighted by molar-refractivity contribution is 6.00. The Hall–Kier alpha value is -2.00. The number of nitrogens with zero attached hydrogens (tertiary/aromatic N) is 1. The molecule has 4 amide bonds. The van der Waals surface area contributed by atoms with Crippen molar-refractivity contribution in [3.63, 3.8) is 0 Å². The fraction of sp³-hybridized carbons (Fsp3) is 0.778. The molecule has 0 aromatic carbocycles. The zero-order valence-electron chi connectivity index (χ0n) is 16.3. The van der Waals surface area contributed by atoms with Crippen LogP contribution in [0.25, 0.3) is 0 Å². The largest absolute Gasteiger partial charge is 0.378 e. The number of hydroxylamine groups is 2. The van der Waals surface area contributed by atoms with Gasteiger partial charge in [-0.05, 0) is 12.8 Å². The number of carbonyl (C=O) groups excluding carboxylic acids is 4. The number of carbonyl (C=O) groups is 4. The van der Waals surface area contributed by atoms with Crippen LogP contribution in [0.4, 0.5) is 0 Å². The number of unbranched alkanes of at least 4 members (excludes halogenated alkanes) is 2. The first-order chi connectivity index (χ1) is 12.9. The molecule has 27 heavy (non-hydrogen) atoms. The van der Waals surface area contributed by atoms with E-state index in [1.54, 1.807) is 0 Å². The molecule has 0 aliphatic carbocycles. The highest BCUT2D eigenvalue weighted by atomic mass is 16.7. The van der Waals surface area contributed by atoms with Crippen LogP contribution in [0.1, 0.15) is 52.4 Å². The molecule has 1 aliphatic heterocycles. The SMILES string of the molecule is CC(C)C(=O)NCCOCCNC(=O)CCCCCON1C(=O)CCC1=O. The van der Waals surface area contributed by atoms with E-state index in [4.69, 9.17) is 9.57 Å². The summed E-state index contributed by atoms with van der Waals surface area (Å²) in [6, 6.07) is 0. The van der Waals surface area contributed by atoms with Crippen molar-refractivity contribution in [3.05, 3.63) is 0 Å². The Morgan fingerprint density at radius 2 is 1.59 bits per heavy atom. The van der Waals surface area contributed by atoms with Gasteiger partial charge in [0.25, 0.3) is 11.8 Å². The van der Waals surface area contributed by atoms with Crippen LogP contribution in [-0.4, -0.2) is 61.6 Å². The Balaban J connectivity index is 1.88. The van der Waals surface area contributed by atoms with E-state index in [0.29, 0.717) is 52.2 Å². The van der Waals surface area contributed by atoms with Gasteiger partial charge in [0.1, 0.15) is 0 Å². The zero-order chi connectivity index (χ0) is 20.1. The fourth-order valence-corrected chi connectivity index (χ4v) is 2.32. The average Bonchev–Trinajstić information content (AvgIpc) is 2.95. The normalized spacial score (nSPS) is 14.1. The van der Waals surface area contributed by atoms with E-state index in [2.05, 4.69) is 10.6 Å². The first-order valence-corrected chi connectivity index (χ1v) is 9.52.